The van der Waals surface area contributed by atoms with Gasteiger partial charge in [-0.2, -0.15) is 0 Å². The smallest absolute Gasteiger partial charge is 0.303 e. The van der Waals surface area contributed by atoms with Gasteiger partial charge in [0, 0.05) is 20.0 Å². The zero-order valence-corrected chi connectivity index (χ0v) is 8.55. The van der Waals surface area contributed by atoms with E-state index >= 15 is 0 Å². The SMILES string of the molecule is COC(CC(=O)CCC(=O)O)C(O)CO. The molecule has 0 aliphatic carbocycles. The van der Waals surface area contributed by atoms with Gasteiger partial charge in [0.1, 0.15) is 11.9 Å². The molecule has 2 atom stereocenters. The van der Waals surface area contributed by atoms with E-state index in [1.807, 2.05) is 0 Å². The zero-order valence-electron chi connectivity index (χ0n) is 8.55. The summed E-state index contributed by atoms with van der Waals surface area (Å²) in [5.74, 6) is -1.35. The Balaban J connectivity index is 3.96. The van der Waals surface area contributed by atoms with Crippen molar-refractivity contribution in [3.8, 4) is 0 Å². The molecule has 0 spiro atoms. The van der Waals surface area contributed by atoms with Crippen LogP contribution >= 0.6 is 0 Å². The molecule has 0 aromatic carbocycles. The minimum Gasteiger partial charge on any atom is -0.481 e. The molecule has 0 radical (unpaired) electrons. The summed E-state index contributed by atoms with van der Waals surface area (Å²) >= 11 is 0. The predicted molar refractivity (Wildman–Crippen MR) is 50.4 cm³/mol. The maximum atomic E-state index is 11.2. The molecule has 88 valence electrons. The number of rotatable bonds is 8. The molecule has 0 aromatic heterocycles. The van der Waals surface area contributed by atoms with Gasteiger partial charge in [-0.05, 0) is 0 Å². The molecular formula is C9H16O6. The van der Waals surface area contributed by atoms with Crippen LogP contribution in [0.4, 0.5) is 0 Å². The van der Waals surface area contributed by atoms with Gasteiger partial charge in [0.25, 0.3) is 0 Å². The van der Waals surface area contributed by atoms with Gasteiger partial charge in [0.05, 0.1) is 19.1 Å². The molecule has 15 heavy (non-hydrogen) atoms. The molecule has 2 unspecified atom stereocenters. The minimum atomic E-state index is -1.12. The molecule has 0 aromatic rings. The highest BCUT2D eigenvalue weighted by atomic mass is 16.5. The molecule has 0 saturated carbocycles. The summed E-state index contributed by atoms with van der Waals surface area (Å²) < 4.78 is 4.80. The fourth-order valence-corrected chi connectivity index (χ4v) is 1.07. The monoisotopic (exact) mass is 220 g/mol. The molecule has 0 aliphatic heterocycles. The van der Waals surface area contributed by atoms with Gasteiger partial charge < -0.3 is 20.1 Å². The molecule has 0 amide bonds. The lowest BCUT2D eigenvalue weighted by Crippen LogP contribution is -2.33. The van der Waals surface area contributed by atoms with E-state index in [-0.39, 0.29) is 25.0 Å². The second kappa shape index (κ2) is 7.33. The largest absolute Gasteiger partial charge is 0.481 e. The van der Waals surface area contributed by atoms with Crippen LogP contribution in [0.5, 0.6) is 0 Å². The molecule has 0 aliphatic rings. The summed E-state index contributed by atoms with van der Waals surface area (Å²) in [7, 11) is 1.31. The number of carbonyl (C=O) groups excluding carboxylic acids is 1. The van der Waals surface area contributed by atoms with E-state index in [2.05, 4.69) is 0 Å². The number of aliphatic carboxylic acids is 1. The van der Waals surface area contributed by atoms with E-state index in [4.69, 9.17) is 14.9 Å². The van der Waals surface area contributed by atoms with Gasteiger partial charge in [-0.1, -0.05) is 0 Å². The Morgan fingerprint density at radius 2 is 1.93 bits per heavy atom. The van der Waals surface area contributed by atoms with Crippen LogP contribution in [0.1, 0.15) is 19.3 Å². The quantitative estimate of drug-likeness (QED) is 0.493. The Hall–Kier alpha value is -0.980. The summed E-state index contributed by atoms with van der Waals surface area (Å²) in [4.78, 5) is 21.4. The Morgan fingerprint density at radius 3 is 2.33 bits per heavy atom. The van der Waals surface area contributed by atoms with Crippen molar-refractivity contribution in [2.45, 2.75) is 31.5 Å². The van der Waals surface area contributed by atoms with E-state index in [1.54, 1.807) is 0 Å². The van der Waals surface area contributed by atoms with Crippen molar-refractivity contribution in [3.05, 3.63) is 0 Å². The highest BCUT2D eigenvalue weighted by Crippen LogP contribution is 2.07. The van der Waals surface area contributed by atoms with Gasteiger partial charge in [0.2, 0.25) is 0 Å². The fourth-order valence-electron chi connectivity index (χ4n) is 1.07. The number of ether oxygens (including phenoxy) is 1. The number of ketones is 1. The van der Waals surface area contributed by atoms with Crippen LogP contribution in [-0.4, -0.2) is 53.0 Å². The first-order valence-corrected chi connectivity index (χ1v) is 4.56. The third kappa shape index (κ3) is 6.16. The maximum absolute atomic E-state index is 11.2. The topological polar surface area (TPSA) is 104 Å². The van der Waals surface area contributed by atoms with Gasteiger partial charge in [0.15, 0.2) is 0 Å². The second-order valence-electron chi connectivity index (χ2n) is 3.16. The highest BCUT2D eigenvalue weighted by molar-refractivity contribution is 5.82. The molecule has 0 saturated heterocycles. The van der Waals surface area contributed by atoms with Crippen molar-refractivity contribution >= 4 is 11.8 Å². The first kappa shape index (κ1) is 14.0. The van der Waals surface area contributed by atoms with Crippen LogP contribution in [0.15, 0.2) is 0 Å². The number of methoxy groups -OCH3 is 1. The number of aliphatic hydroxyl groups is 2. The summed E-state index contributed by atoms with van der Waals surface area (Å²) in [6.45, 7) is -0.495. The van der Waals surface area contributed by atoms with E-state index < -0.39 is 24.8 Å². The maximum Gasteiger partial charge on any atom is 0.303 e. The lowest BCUT2D eigenvalue weighted by Gasteiger charge is -2.18. The van der Waals surface area contributed by atoms with Gasteiger partial charge in [-0.25, -0.2) is 0 Å². The van der Waals surface area contributed by atoms with Crippen LogP contribution in [0.2, 0.25) is 0 Å². The first-order valence-electron chi connectivity index (χ1n) is 4.56. The normalized spacial score (nSPS) is 14.6. The van der Waals surface area contributed by atoms with Crippen LogP contribution in [-0.2, 0) is 14.3 Å². The Kier molecular flexibility index (Phi) is 6.85. The number of carboxylic acid groups (broad SMARTS) is 1. The minimum absolute atomic E-state index is 0.0899. The molecule has 0 fully saturated rings. The number of Topliss-reactive ketones (excluding diaryl/α,β-unsaturated/α-hetero) is 1. The number of hydrogen-bond donors (Lipinski definition) is 3. The summed E-state index contributed by atoms with van der Waals surface area (Å²) in [5, 5.41) is 26.2. The molecule has 6 heteroatoms. The van der Waals surface area contributed by atoms with E-state index in [9.17, 15) is 14.7 Å². The van der Waals surface area contributed by atoms with E-state index in [0.717, 1.165) is 0 Å². The number of aliphatic hydroxyl groups excluding tert-OH is 2. The van der Waals surface area contributed by atoms with Crippen LogP contribution in [0.3, 0.4) is 0 Å². The van der Waals surface area contributed by atoms with E-state index in [0.29, 0.717) is 0 Å². The zero-order chi connectivity index (χ0) is 11.8. The summed E-state index contributed by atoms with van der Waals surface area (Å²) in [6.07, 6.45) is -2.32. The third-order valence-electron chi connectivity index (χ3n) is 1.97. The van der Waals surface area contributed by atoms with Crippen LogP contribution < -0.4 is 0 Å². The molecule has 0 rings (SSSR count). The van der Waals surface area contributed by atoms with Gasteiger partial charge >= 0.3 is 5.97 Å². The van der Waals surface area contributed by atoms with Crippen molar-refractivity contribution < 1.29 is 29.6 Å². The number of hydrogen-bond acceptors (Lipinski definition) is 5. The number of carbonyl (C=O) groups is 2. The first-order chi connectivity index (χ1) is 7.01. The standard InChI is InChI=1S/C9H16O6/c1-15-8(7(12)5-10)4-6(11)2-3-9(13)14/h7-8,10,12H,2-5H2,1H3,(H,13,14). The third-order valence-corrected chi connectivity index (χ3v) is 1.97. The van der Waals surface area contributed by atoms with Crippen molar-refractivity contribution in [1.82, 2.24) is 0 Å². The van der Waals surface area contributed by atoms with Crippen LogP contribution in [0.25, 0.3) is 0 Å². The van der Waals surface area contributed by atoms with Crippen molar-refractivity contribution in [2.75, 3.05) is 13.7 Å². The Morgan fingerprint density at radius 1 is 1.33 bits per heavy atom. The fraction of sp³-hybridized carbons (Fsp3) is 0.778. The summed E-state index contributed by atoms with van der Waals surface area (Å²) in [5.41, 5.74) is 0. The lowest BCUT2D eigenvalue weighted by molar-refractivity contribution is -0.139. The van der Waals surface area contributed by atoms with Gasteiger partial charge in [-0.15, -0.1) is 0 Å². The van der Waals surface area contributed by atoms with Crippen LogP contribution in [0, 0.1) is 0 Å². The van der Waals surface area contributed by atoms with Crippen molar-refractivity contribution in [1.29, 1.82) is 0 Å². The highest BCUT2D eigenvalue weighted by Gasteiger charge is 2.21. The molecular weight excluding hydrogens is 204 g/mol. The molecule has 0 bridgehead atoms. The Labute approximate surface area is 87.5 Å². The molecule has 0 heterocycles. The summed E-state index contributed by atoms with van der Waals surface area (Å²) in [6, 6.07) is 0. The second-order valence-corrected chi connectivity index (χ2v) is 3.16. The molecule has 3 N–H and O–H groups in total. The Bertz CT molecular complexity index is 215. The van der Waals surface area contributed by atoms with Crippen molar-refractivity contribution in [2.24, 2.45) is 0 Å². The number of carboxylic acids is 1. The molecule has 6 nitrogen and oxygen atoms in total. The van der Waals surface area contributed by atoms with E-state index in [1.165, 1.54) is 7.11 Å². The predicted octanol–water partition coefficient (Wildman–Crippen LogP) is -0.821. The average molecular weight is 220 g/mol. The average Bonchev–Trinajstić information content (AvgIpc) is 2.21. The van der Waals surface area contributed by atoms with Crippen molar-refractivity contribution in [3.63, 3.8) is 0 Å². The lowest BCUT2D eigenvalue weighted by atomic mass is 10.0. The van der Waals surface area contributed by atoms with Gasteiger partial charge in [-0.3, -0.25) is 9.59 Å².